The summed E-state index contributed by atoms with van der Waals surface area (Å²) in [6.07, 6.45) is 0. The highest BCUT2D eigenvalue weighted by molar-refractivity contribution is 9.10. The van der Waals surface area contributed by atoms with Gasteiger partial charge in [0.1, 0.15) is 0 Å². The molecule has 2 rings (SSSR count). The fourth-order valence-corrected chi connectivity index (χ4v) is 2.63. The van der Waals surface area contributed by atoms with E-state index in [1.807, 2.05) is 58.0 Å². The van der Waals surface area contributed by atoms with Crippen LogP contribution in [0.15, 0.2) is 34.8 Å². The van der Waals surface area contributed by atoms with Gasteiger partial charge in [0, 0.05) is 15.6 Å². The molecular formula is C17H17BrO. The molecule has 0 N–H and O–H groups in total. The third-order valence-electron chi connectivity index (χ3n) is 3.60. The van der Waals surface area contributed by atoms with E-state index in [-0.39, 0.29) is 5.78 Å². The van der Waals surface area contributed by atoms with Gasteiger partial charge in [-0.15, -0.1) is 0 Å². The number of halogens is 1. The van der Waals surface area contributed by atoms with Gasteiger partial charge in [0.05, 0.1) is 0 Å². The summed E-state index contributed by atoms with van der Waals surface area (Å²) in [6, 6.07) is 9.85. The standard InChI is InChI=1S/C17H17BrO/c1-10-6-5-7-14(13(10)4)17(19)15-8-12(3)16(18)9-11(15)2/h5-9H,1-4H3. The maximum atomic E-state index is 12.7. The summed E-state index contributed by atoms with van der Waals surface area (Å²) in [5, 5.41) is 0. The van der Waals surface area contributed by atoms with Gasteiger partial charge in [0.15, 0.2) is 5.78 Å². The van der Waals surface area contributed by atoms with Crippen LogP contribution in [-0.2, 0) is 0 Å². The van der Waals surface area contributed by atoms with E-state index in [1.165, 1.54) is 0 Å². The zero-order valence-corrected chi connectivity index (χ0v) is 13.3. The van der Waals surface area contributed by atoms with Gasteiger partial charge in [0.25, 0.3) is 0 Å². The van der Waals surface area contributed by atoms with E-state index >= 15 is 0 Å². The van der Waals surface area contributed by atoms with Crippen LogP contribution in [-0.4, -0.2) is 5.78 Å². The smallest absolute Gasteiger partial charge is 0.193 e. The fraction of sp³-hybridized carbons (Fsp3) is 0.235. The molecule has 0 unspecified atom stereocenters. The molecule has 0 spiro atoms. The van der Waals surface area contributed by atoms with E-state index in [1.54, 1.807) is 0 Å². The molecule has 0 atom stereocenters. The minimum Gasteiger partial charge on any atom is -0.289 e. The Morgan fingerprint density at radius 3 is 2.26 bits per heavy atom. The molecule has 0 heterocycles. The van der Waals surface area contributed by atoms with Crippen LogP contribution < -0.4 is 0 Å². The van der Waals surface area contributed by atoms with Gasteiger partial charge >= 0.3 is 0 Å². The number of carbonyl (C=O) groups is 1. The number of hydrogen-bond donors (Lipinski definition) is 0. The Hall–Kier alpha value is -1.41. The second kappa shape index (κ2) is 5.30. The van der Waals surface area contributed by atoms with Crippen LogP contribution in [0.1, 0.15) is 38.2 Å². The summed E-state index contributed by atoms with van der Waals surface area (Å²) in [7, 11) is 0. The van der Waals surface area contributed by atoms with E-state index in [4.69, 9.17) is 0 Å². The van der Waals surface area contributed by atoms with Crippen LogP contribution in [0.2, 0.25) is 0 Å². The molecule has 0 saturated heterocycles. The van der Waals surface area contributed by atoms with Gasteiger partial charge in [-0.3, -0.25) is 4.79 Å². The molecule has 0 aliphatic carbocycles. The van der Waals surface area contributed by atoms with Crippen molar-refractivity contribution in [2.24, 2.45) is 0 Å². The Balaban J connectivity index is 2.56. The highest BCUT2D eigenvalue weighted by atomic mass is 79.9. The second-order valence-corrected chi connectivity index (χ2v) is 5.85. The Morgan fingerprint density at radius 1 is 0.895 bits per heavy atom. The third kappa shape index (κ3) is 2.64. The normalized spacial score (nSPS) is 10.6. The van der Waals surface area contributed by atoms with Crippen LogP contribution in [0.5, 0.6) is 0 Å². The lowest BCUT2D eigenvalue weighted by Crippen LogP contribution is -2.07. The quantitative estimate of drug-likeness (QED) is 0.719. The van der Waals surface area contributed by atoms with Crippen molar-refractivity contribution in [3.8, 4) is 0 Å². The average molecular weight is 317 g/mol. The van der Waals surface area contributed by atoms with Crippen molar-refractivity contribution in [3.63, 3.8) is 0 Å². The maximum absolute atomic E-state index is 12.7. The van der Waals surface area contributed by atoms with Gasteiger partial charge in [-0.1, -0.05) is 34.1 Å². The van der Waals surface area contributed by atoms with Gasteiger partial charge in [-0.25, -0.2) is 0 Å². The fourth-order valence-electron chi connectivity index (χ4n) is 2.17. The molecule has 19 heavy (non-hydrogen) atoms. The number of aryl methyl sites for hydroxylation is 3. The zero-order valence-electron chi connectivity index (χ0n) is 11.7. The first-order valence-corrected chi connectivity index (χ1v) is 7.08. The number of carbonyl (C=O) groups excluding carboxylic acids is 1. The minimum absolute atomic E-state index is 0.106. The molecule has 0 saturated carbocycles. The molecule has 0 bridgehead atoms. The molecule has 0 aromatic heterocycles. The maximum Gasteiger partial charge on any atom is 0.193 e. The highest BCUT2D eigenvalue weighted by Gasteiger charge is 2.15. The Morgan fingerprint density at radius 2 is 1.58 bits per heavy atom. The van der Waals surface area contributed by atoms with Gasteiger partial charge in [-0.05, 0) is 62.1 Å². The summed E-state index contributed by atoms with van der Waals surface area (Å²) in [6.45, 7) is 8.02. The average Bonchev–Trinajstić information content (AvgIpc) is 2.36. The van der Waals surface area contributed by atoms with Crippen LogP contribution in [0.4, 0.5) is 0 Å². The Kier molecular flexibility index (Phi) is 3.91. The van der Waals surface area contributed by atoms with Crippen molar-refractivity contribution < 1.29 is 4.79 Å². The first-order chi connectivity index (χ1) is 8.91. The molecule has 2 aromatic rings. The monoisotopic (exact) mass is 316 g/mol. The van der Waals surface area contributed by atoms with Gasteiger partial charge in [0.2, 0.25) is 0 Å². The lowest BCUT2D eigenvalue weighted by Gasteiger charge is -2.11. The summed E-state index contributed by atoms with van der Waals surface area (Å²) in [5.74, 6) is 0.106. The number of ketones is 1. The lowest BCUT2D eigenvalue weighted by molar-refractivity contribution is 0.103. The minimum atomic E-state index is 0.106. The van der Waals surface area contributed by atoms with Crippen LogP contribution in [0, 0.1) is 27.7 Å². The Labute approximate surface area is 122 Å². The molecular weight excluding hydrogens is 300 g/mol. The first-order valence-electron chi connectivity index (χ1n) is 6.29. The number of rotatable bonds is 2. The molecule has 0 aliphatic heterocycles. The Bertz CT molecular complexity index is 657. The highest BCUT2D eigenvalue weighted by Crippen LogP contribution is 2.24. The summed E-state index contributed by atoms with van der Waals surface area (Å²) < 4.78 is 1.04. The van der Waals surface area contributed by atoms with Crippen molar-refractivity contribution >= 4 is 21.7 Å². The van der Waals surface area contributed by atoms with Gasteiger partial charge < -0.3 is 0 Å². The van der Waals surface area contributed by atoms with Crippen molar-refractivity contribution in [1.29, 1.82) is 0 Å². The summed E-state index contributed by atoms with van der Waals surface area (Å²) in [5.41, 5.74) is 5.88. The summed E-state index contributed by atoms with van der Waals surface area (Å²) >= 11 is 3.50. The predicted molar refractivity (Wildman–Crippen MR) is 83.0 cm³/mol. The van der Waals surface area contributed by atoms with E-state index in [2.05, 4.69) is 15.9 Å². The number of hydrogen-bond acceptors (Lipinski definition) is 1. The SMILES string of the molecule is Cc1cc(C(=O)c2cccc(C)c2C)c(C)cc1Br. The topological polar surface area (TPSA) is 17.1 Å². The van der Waals surface area contributed by atoms with Crippen molar-refractivity contribution in [2.75, 3.05) is 0 Å². The van der Waals surface area contributed by atoms with Crippen LogP contribution in [0.25, 0.3) is 0 Å². The molecule has 98 valence electrons. The second-order valence-electron chi connectivity index (χ2n) is 4.99. The molecule has 0 fully saturated rings. The molecule has 2 aromatic carbocycles. The third-order valence-corrected chi connectivity index (χ3v) is 4.45. The van der Waals surface area contributed by atoms with E-state index in [9.17, 15) is 4.79 Å². The molecule has 1 nitrogen and oxygen atoms in total. The van der Waals surface area contributed by atoms with Gasteiger partial charge in [-0.2, -0.15) is 0 Å². The van der Waals surface area contributed by atoms with Crippen LogP contribution >= 0.6 is 15.9 Å². The summed E-state index contributed by atoms with van der Waals surface area (Å²) in [4.78, 5) is 12.7. The van der Waals surface area contributed by atoms with E-state index < -0.39 is 0 Å². The van der Waals surface area contributed by atoms with E-state index in [0.717, 1.165) is 37.9 Å². The largest absolute Gasteiger partial charge is 0.289 e. The molecule has 0 radical (unpaired) electrons. The van der Waals surface area contributed by atoms with E-state index in [0.29, 0.717) is 0 Å². The molecule has 0 aliphatic rings. The van der Waals surface area contributed by atoms with Crippen LogP contribution in [0.3, 0.4) is 0 Å². The lowest BCUT2D eigenvalue weighted by atomic mass is 9.93. The van der Waals surface area contributed by atoms with Crippen molar-refractivity contribution in [1.82, 2.24) is 0 Å². The first kappa shape index (κ1) is 14.0. The zero-order chi connectivity index (χ0) is 14.2. The molecule has 2 heteroatoms. The molecule has 0 amide bonds. The number of benzene rings is 2. The van der Waals surface area contributed by atoms with Crippen molar-refractivity contribution in [3.05, 3.63) is 68.2 Å². The van der Waals surface area contributed by atoms with Crippen molar-refractivity contribution in [2.45, 2.75) is 27.7 Å². The predicted octanol–water partition coefficient (Wildman–Crippen LogP) is 4.91.